The molecule has 0 heterocycles. The summed E-state index contributed by atoms with van der Waals surface area (Å²) in [7, 11) is 0. The Kier molecular flexibility index (Phi) is 4.38. The maximum atomic E-state index is 13.6. The van der Waals surface area contributed by atoms with Crippen LogP contribution in [0.2, 0.25) is 5.02 Å². The molecule has 5 heteroatoms. The zero-order chi connectivity index (χ0) is 14.0. The minimum Gasteiger partial charge on any atom is -0.207 e. The topological polar surface area (TPSA) is 0 Å². The largest absolute Gasteiger partial charge is 0.207 e. The van der Waals surface area contributed by atoms with E-state index in [9.17, 15) is 13.2 Å². The Morgan fingerprint density at radius 2 is 1.68 bits per heavy atom. The zero-order valence-corrected chi connectivity index (χ0v) is 11.2. The van der Waals surface area contributed by atoms with Crippen molar-refractivity contribution >= 4 is 23.2 Å². The molecule has 0 amide bonds. The van der Waals surface area contributed by atoms with E-state index in [1.165, 1.54) is 24.3 Å². The van der Waals surface area contributed by atoms with Crippen LogP contribution in [0.3, 0.4) is 0 Å². The minimum atomic E-state index is -0.779. The van der Waals surface area contributed by atoms with Crippen LogP contribution in [0.1, 0.15) is 16.5 Å². The summed E-state index contributed by atoms with van der Waals surface area (Å²) in [5, 5.41) is -0.430. The molecule has 0 saturated carbocycles. The fraction of sp³-hybridized carbons (Fsp3) is 0.143. The summed E-state index contributed by atoms with van der Waals surface area (Å²) in [6.45, 7) is 0. The maximum Gasteiger partial charge on any atom is 0.129 e. The van der Waals surface area contributed by atoms with Crippen LogP contribution in [0, 0.1) is 17.5 Å². The van der Waals surface area contributed by atoms with Crippen LogP contribution < -0.4 is 0 Å². The van der Waals surface area contributed by atoms with Gasteiger partial charge in [-0.3, -0.25) is 0 Å². The van der Waals surface area contributed by atoms with E-state index in [0.717, 1.165) is 12.1 Å². The highest BCUT2D eigenvalue weighted by Crippen LogP contribution is 2.30. The van der Waals surface area contributed by atoms with Gasteiger partial charge in [-0.2, -0.15) is 0 Å². The summed E-state index contributed by atoms with van der Waals surface area (Å²) in [4.78, 5) is 0. The van der Waals surface area contributed by atoms with Crippen molar-refractivity contribution in [3.05, 3.63) is 70.0 Å². The Morgan fingerprint density at radius 3 is 2.37 bits per heavy atom. The molecule has 0 fully saturated rings. The van der Waals surface area contributed by atoms with Crippen LogP contribution in [0.15, 0.2) is 36.4 Å². The molecule has 0 spiro atoms. The van der Waals surface area contributed by atoms with E-state index in [1.807, 2.05) is 0 Å². The van der Waals surface area contributed by atoms with Crippen LogP contribution in [-0.2, 0) is 6.42 Å². The fourth-order valence-corrected chi connectivity index (χ4v) is 2.26. The Balaban J connectivity index is 2.25. The van der Waals surface area contributed by atoms with Gasteiger partial charge in [0.25, 0.3) is 0 Å². The Morgan fingerprint density at radius 1 is 0.947 bits per heavy atom. The molecule has 19 heavy (non-hydrogen) atoms. The van der Waals surface area contributed by atoms with E-state index in [2.05, 4.69) is 0 Å². The van der Waals surface area contributed by atoms with Gasteiger partial charge < -0.3 is 0 Å². The Labute approximate surface area is 118 Å². The molecule has 0 aliphatic heterocycles. The third-order valence-corrected chi connectivity index (χ3v) is 3.33. The zero-order valence-electron chi connectivity index (χ0n) is 9.64. The normalized spacial score (nSPS) is 12.5. The summed E-state index contributed by atoms with van der Waals surface area (Å²) in [5.41, 5.74) is 0.415. The summed E-state index contributed by atoms with van der Waals surface area (Å²) < 4.78 is 39.9. The van der Waals surface area contributed by atoms with Crippen LogP contribution >= 0.6 is 23.2 Å². The number of alkyl halides is 1. The first-order valence-corrected chi connectivity index (χ1v) is 6.32. The summed E-state index contributed by atoms with van der Waals surface area (Å²) in [5.74, 6) is -1.87. The minimum absolute atomic E-state index is 0.0466. The number of hydrogen-bond acceptors (Lipinski definition) is 0. The van der Waals surface area contributed by atoms with E-state index in [4.69, 9.17) is 23.2 Å². The molecule has 0 saturated heterocycles. The first-order chi connectivity index (χ1) is 8.97. The second-order valence-corrected chi connectivity index (χ2v) is 5.04. The van der Waals surface area contributed by atoms with Crippen molar-refractivity contribution in [2.45, 2.75) is 11.8 Å². The van der Waals surface area contributed by atoms with Gasteiger partial charge in [-0.1, -0.05) is 17.7 Å². The van der Waals surface area contributed by atoms with Crippen LogP contribution in [0.5, 0.6) is 0 Å². The third kappa shape index (κ3) is 3.43. The lowest BCUT2D eigenvalue weighted by molar-refractivity contribution is 0.567. The van der Waals surface area contributed by atoms with E-state index in [-0.39, 0.29) is 17.5 Å². The number of rotatable bonds is 3. The van der Waals surface area contributed by atoms with Crippen molar-refractivity contribution in [3.63, 3.8) is 0 Å². The van der Waals surface area contributed by atoms with Gasteiger partial charge in [0, 0.05) is 16.7 Å². The van der Waals surface area contributed by atoms with Crippen LogP contribution in [-0.4, -0.2) is 0 Å². The number of hydrogen-bond donors (Lipinski definition) is 0. The monoisotopic (exact) mass is 304 g/mol. The molecule has 2 aromatic carbocycles. The first-order valence-electron chi connectivity index (χ1n) is 5.50. The van der Waals surface area contributed by atoms with Crippen molar-refractivity contribution in [3.8, 4) is 0 Å². The van der Waals surface area contributed by atoms with E-state index >= 15 is 0 Å². The molecule has 2 rings (SSSR count). The third-order valence-electron chi connectivity index (χ3n) is 2.71. The van der Waals surface area contributed by atoms with Crippen molar-refractivity contribution in [1.29, 1.82) is 0 Å². The van der Waals surface area contributed by atoms with Gasteiger partial charge in [-0.05, 0) is 36.2 Å². The van der Waals surface area contributed by atoms with E-state index in [1.54, 1.807) is 0 Å². The molecule has 0 bridgehead atoms. The average Bonchev–Trinajstić information content (AvgIpc) is 2.35. The molecule has 0 nitrogen and oxygen atoms in total. The quantitative estimate of drug-likeness (QED) is 0.677. The highest BCUT2D eigenvalue weighted by Gasteiger charge is 2.16. The molecule has 0 aliphatic carbocycles. The molecule has 1 atom stereocenters. The lowest BCUT2D eigenvalue weighted by Crippen LogP contribution is -2.01. The molecule has 100 valence electrons. The number of halogens is 5. The Hall–Kier alpha value is -1.19. The van der Waals surface area contributed by atoms with Crippen LogP contribution in [0.4, 0.5) is 13.2 Å². The van der Waals surface area contributed by atoms with Crippen molar-refractivity contribution in [1.82, 2.24) is 0 Å². The molecular formula is C14H9Cl2F3. The van der Waals surface area contributed by atoms with E-state index < -0.39 is 22.8 Å². The van der Waals surface area contributed by atoms with Gasteiger partial charge in [0.2, 0.25) is 0 Å². The second-order valence-electron chi connectivity index (χ2n) is 4.07. The molecular weight excluding hydrogens is 296 g/mol. The predicted octanol–water partition coefficient (Wildman–Crippen LogP) is 5.28. The summed E-state index contributed by atoms with van der Waals surface area (Å²) in [6.07, 6.45) is 0.0466. The van der Waals surface area contributed by atoms with Gasteiger partial charge in [-0.25, -0.2) is 13.2 Å². The van der Waals surface area contributed by atoms with Crippen LogP contribution in [0.25, 0.3) is 0 Å². The van der Waals surface area contributed by atoms with Gasteiger partial charge in [0.15, 0.2) is 0 Å². The van der Waals surface area contributed by atoms with Gasteiger partial charge >= 0.3 is 0 Å². The van der Waals surface area contributed by atoms with Crippen molar-refractivity contribution in [2.24, 2.45) is 0 Å². The average molecular weight is 305 g/mol. The predicted molar refractivity (Wildman–Crippen MR) is 70.1 cm³/mol. The Bertz CT molecular complexity index is 599. The fourth-order valence-electron chi connectivity index (χ4n) is 1.74. The molecule has 0 N–H and O–H groups in total. The smallest absolute Gasteiger partial charge is 0.129 e. The highest BCUT2D eigenvalue weighted by atomic mass is 35.5. The molecule has 1 unspecified atom stereocenters. The lowest BCUT2D eigenvalue weighted by Gasteiger charge is -2.12. The standard InChI is InChI=1S/C14H9Cl2F3/c15-9-2-4-13(18)11(6-9)12(16)5-8-1-3-10(17)7-14(8)19/h1-4,6-7,12H,5H2. The molecule has 0 aromatic heterocycles. The van der Waals surface area contributed by atoms with Gasteiger partial charge in [0.05, 0.1) is 5.38 Å². The molecule has 2 aromatic rings. The maximum absolute atomic E-state index is 13.6. The first kappa shape index (κ1) is 14.2. The lowest BCUT2D eigenvalue weighted by atomic mass is 10.0. The van der Waals surface area contributed by atoms with Gasteiger partial charge in [-0.15, -0.1) is 11.6 Å². The number of benzene rings is 2. The summed E-state index contributed by atoms with van der Waals surface area (Å²) in [6, 6.07) is 7.21. The second kappa shape index (κ2) is 5.85. The van der Waals surface area contributed by atoms with Crippen molar-refractivity contribution < 1.29 is 13.2 Å². The van der Waals surface area contributed by atoms with E-state index in [0.29, 0.717) is 5.02 Å². The molecule has 0 aliphatic rings. The highest BCUT2D eigenvalue weighted by molar-refractivity contribution is 6.30. The van der Waals surface area contributed by atoms with Crippen molar-refractivity contribution in [2.75, 3.05) is 0 Å². The molecule has 0 radical (unpaired) electrons. The SMILES string of the molecule is Fc1ccc(CC(Cl)c2cc(Cl)ccc2F)c(F)c1. The van der Waals surface area contributed by atoms with Gasteiger partial charge in [0.1, 0.15) is 17.5 Å². The summed E-state index contributed by atoms with van der Waals surface area (Å²) >= 11 is 11.8.